The molecule has 4 fully saturated rings. The van der Waals surface area contributed by atoms with E-state index in [0.29, 0.717) is 5.56 Å². The van der Waals surface area contributed by atoms with E-state index in [4.69, 9.17) is 71.1 Å². The molecule has 0 amide bonds. The zero-order valence-electron chi connectivity index (χ0n) is 45.2. The first kappa shape index (κ1) is 59.6. The number of carbonyl (C=O) groups excluding carboxylic acids is 7. The first-order valence-corrected chi connectivity index (χ1v) is 26.4. The smallest absolute Gasteiger partial charge is 0.338 e. The van der Waals surface area contributed by atoms with E-state index in [1.165, 1.54) is 55.6 Å². The van der Waals surface area contributed by atoms with Crippen LogP contribution < -0.4 is 0 Å². The van der Waals surface area contributed by atoms with Crippen molar-refractivity contribution in [2.45, 2.75) is 119 Å². The highest BCUT2D eigenvalue weighted by atomic mass is 16.8. The Morgan fingerprint density at radius 1 is 0.434 bits per heavy atom. The average molecular weight is 1150 g/mol. The number of esters is 7. The number of hydrogen-bond acceptors (Lipinski definition) is 23. The molecule has 4 heterocycles. The van der Waals surface area contributed by atoms with Crippen LogP contribution in [0.2, 0.25) is 0 Å². The second-order valence-corrected chi connectivity index (χ2v) is 19.4. The van der Waals surface area contributed by atoms with E-state index in [1.807, 2.05) is 6.07 Å². The number of rotatable bonds is 19. The molecule has 4 aliphatic rings. The molecule has 5 aromatic rings. The molecular weight excluding hydrogens is 1090 g/mol. The number of methoxy groups -OCH3 is 1. The van der Waals surface area contributed by atoms with Crippen LogP contribution in [0.4, 0.5) is 0 Å². The first-order valence-electron chi connectivity index (χ1n) is 26.4. The molecule has 0 aromatic heterocycles. The summed E-state index contributed by atoms with van der Waals surface area (Å²) in [6.45, 7) is 1.66. The predicted molar refractivity (Wildman–Crippen MR) is 280 cm³/mol. The number of ether oxygens (including phenoxy) is 15. The van der Waals surface area contributed by atoms with Crippen molar-refractivity contribution in [1.82, 2.24) is 0 Å². The minimum Gasteiger partial charge on any atom is -0.463 e. The second-order valence-electron chi connectivity index (χ2n) is 19.4. The summed E-state index contributed by atoms with van der Waals surface area (Å²) in [7, 11) is 1.28. The Bertz CT molecular complexity index is 2990. The SMILES string of the molecule is CO[C@H]1O[C@@H]2COC(c3ccccc3)O[C@H]2[C@H](O)[C@H]1O[C@@H]1O[C@H](COC(C)=O)[C@@H](OC(C)=O)[C@H](O[C@@H]2O[C@H](COC(=O)c3ccccc3)[C@@H](OC(=O)c3ccccc3)[C@H](OC(=O)c3ccccc3)[C@H]2OC(=O)c2ccccc2)[C@H]1OC(C)=O. The lowest BCUT2D eigenvalue weighted by molar-refractivity contribution is -0.399. The lowest BCUT2D eigenvalue weighted by atomic mass is 9.95. The van der Waals surface area contributed by atoms with Crippen molar-refractivity contribution in [2.75, 3.05) is 26.9 Å². The number of benzene rings is 5. The van der Waals surface area contributed by atoms with Crippen molar-refractivity contribution in [2.24, 2.45) is 0 Å². The molecular formula is C60H60O23. The van der Waals surface area contributed by atoms with Gasteiger partial charge in [0, 0.05) is 33.4 Å². The van der Waals surface area contributed by atoms with Gasteiger partial charge in [0.05, 0.1) is 28.9 Å². The highest BCUT2D eigenvalue weighted by Crippen LogP contribution is 2.40. The molecule has 0 bridgehead atoms. The van der Waals surface area contributed by atoms with Gasteiger partial charge in [-0.05, 0) is 48.5 Å². The van der Waals surface area contributed by atoms with Crippen molar-refractivity contribution >= 4 is 41.8 Å². The van der Waals surface area contributed by atoms with Crippen LogP contribution in [0.1, 0.15) is 74.1 Å². The first-order chi connectivity index (χ1) is 40.1. The Kier molecular flexibility index (Phi) is 20.0. The molecule has 23 heteroatoms. The van der Waals surface area contributed by atoms with Crippen LogP contribution in [-0.2, 0) is 85.4 Å². The summed E-state index contributed by atoms with van der Waals surface area (Å²) >= 11 is 0. The van der Waals surface area contributed by atoms with E-state index in [-0.39, 0.29) is 28.9 Å². The van der Waals surface area contributed by atoms with Gasteiger partial charge in [-0.25, -0.2) is 19.2 Å². The lowest BCUT2D eigenvalue weighted by Gasteiger charge is -2.51. The highest BCUT2D eigenvalue weighted by Gasteiger charge is 2.60. The Balaban J connectivity index is 1.16. The molecule has 0 aliphatic carbocycles. The van der Waals surface area contributed by atoms with Crippen LogP contribution in [-0.4, -0.2) is 166 Å². The van der Waals surface area contributed by atoms with Gasteiger partial charge < -0.3 is 76.2 Å². The summed E-state index contributed by atoms with van der Waals surface area (Å²) in [6, 6.07) is 39.6. The van der Waals surface area contributed by atoms with Crippen molar-refractivity contribution in [1.29, 1.82) is 0 Å². The second kappa shape index (κ2) is 27.9. The number of fused-ring (bicyclic) bond motifs is 1. The number of hydrogen-bond donors (Lipinski definition) is 1. The number of aliphatic hydroxyl groups excluding tert-OH is 1. The quantitative estimate of drug-likeness (QED) is 0.0840. The average Bonchev–Trinajstić information content (AvgIpc) is 3.19. The molecule has 9 rings (SSSR count). The van der Waals surface area contributed by atoms with E-state index in [2.05, 4.69) is 0 Å². The lowest BCUT2D eigenvalue weighted by Crippen LogP contribution is -2.69. The Morgan fingerprint density at radius 3 is 1.33 bits per heavy atom. The number of aliphatic hydroxyl groups is 1. The monoisotopic (exact) mass is 1150 g/mol. The van der Waals surface area contributed by atoms with Crippen LogP contribution in [0.25, 0.3) is 0 Å². The van der Waals surface area contributed by atoms with Gasteiger partial charge in [0.2, 0.25) is 0 Å². The molecule has 5 aromatic carbocycles. The third-order valence-corrected chi connectivity index (χ3v) is 13.6. The minimum atomic E-state index is -2.11. The van der Waals surface area contributed by atoms with E-state index in [9.17, 15) is 38.7 Å². The molecule has 0 radical (unpaired) electrons. The summed E-state index contributed by atoms with van der Waals surface area (Å²) in [6.07, 6.45) is -26.3. The molecule has 0 spiro atoms. The molecule has 4 aliphatic heterocycles. The Labute approximate surface area is 475 Å². The Hall–Kier alpha value is -7.97. The fourth-order valence-electron chi connectivity index (χ4n) is 9.75. The summed E-state index contributed by atoms with van der Waals surface area (Å²) in [4.78, 5) is 96.2. The summed E-state index contributed by atoms with van der Waals surface area (Å²) in [5, 5.41) is 12.2. The fraction of sp³-hybridized carbons (Fsp3) is 0.383. The van der Waals surface area contributed by atoms with E-state index in [1.54, 1.807) is 97.1 Å². The topological polar surface area (TPSA) is 278 Å². The third-order valence-electron chi connectivity index (χ3n) is 13.6. The van der Waals surface area contributed by atoms with Gasteiger partial charge in [-0.2, -0.15) is 0 Å². The van der Waals surface area contributed by atoms with Crippen LogP contribution in [0.15, 0.2) is 152 Å². The minimum absolute atomic E-state index is 0.0105. The third kappa shape index (κ3) is 14.8. The van der Waals surface area contributed by atoms with Crippen molar-refractivity contribution in [3.63, 3.8) is 0 Å². The van der Waals surface area contributed by atoms with E-state index >= 15 is 0 Å². The summed E-state index contributed by atoms with van der Waals surface area (Å²) in [5.74, 6) is -6.69. The number of carbonyl (C=O) groups is 7. The molecule has 438 valence electrons. The van der Waals surface area contributed by atoms with Crippen LogP contribution in [0.3, 0.4) is 0 Å². The van der Waals surface area contributed by atoms with Crippen molar-refractivity contribution < 1.29 is 110 Å². The molecule has 4 saturated heterocycles. The standard InChI is InChI=1S/C60H60O23/c1-33(61)70-30-42-46(73-34(2)62)50(51(74-35(3)63)59(76-42)82-48-44(64)45-41(75-58(48)69-4)32-72-57(81-45)40-28-18-9-19-29-40)83-60-52(80-56(68)39-26-16-8-17-27-39)49(79-55(67)38-24-14-7-15-25-38)47(78-54(66)37-22-12-6-13-23-37)43(77-60)31-71-53(65)36-20-10-5-11-21-36/h5-29,41-52,57-60,64H,30-32H2,1-4H3/t41-,42-,43-,44+,45-,46-,47-,48-,49+,50+,51-,52-,57?,58+,59+,60+/m1/s1. The maximum absolute atomic E-state index is 14.5. The normalized spacial score (nSPS) is 29.3. The summed E-state index contributed by atoms with van der Waals surface area (Å²) in [5.41, 5.74) is 0.724. The molecule has 23 nitrogen and oxygen atoms in total. The predicted octanol–water partition coefficient (Wildman–Crippen LogP) is 5.01. The van der Waals surface area contributed by atoms with Gasteiger partial charge in [0.1, 0.15) is 55.9 Å². The van der Waals surface area contributed by atoms with E-state index < -0.39 is 153 Å². The van der Waals surface area contributed by atoms with Crippen LogP contribution in [0.5, 0.6) is 0 Å². The maximum Gasteiger partial charge on any atom is 0.338 e. The van der Waals surface area contributed by atoms with Gasteiger partial charge in [-0.1, -0.05) is 103 Å². The maximum atomic E-state index is 14.5. The highest BCUT2D eigenvalue weighted by molar-refractivity contribution is 5.91. The fourth-order valence-corrected chi connectivity index (χ4v) is 9.75. The largest absolute Gasteiger partial charge is 0.463 e. The van der Waals surface area contributed by atoms with Crippen LogP contribution in [0, 0.1) is 0 Å². The molecule has 16 atom stereocenters. The van der Waals surface area contributed by atoms with Crippen molar-refractivity contribution in [3.8, 4) is 0 Å². The molecule has 83 heavy (non-hydrogen) atoms. The molecule has 1 unspecified atom stereocenters. The van der Waals surface area contributed by atoms with Crippen molar-refractivity contribution in [3.05, 3.63) is 179 Å². The van der Waals surface area contributed by atoms with Gasteiger partial charge >= 0.3 is 41.8 Å². The van der Waals surface area contributed by atoms with Gasteiger partial charge in [0.25, 0.3) is 0 Å². The van der Waals surface area contributed by atoms with Gasteiger partial charge in [0.15, 0.2) is 55.7 Å². The summed E-state index contributed by atoms with van der Waals surface area (Å²) < 4.78 is 92.5. The Morgan fingerprint density at radius 2 is 0.843 bits per heavy atom. The molecule has 0 saturated carbocycles. The van der Waals surface area contributed by atoms with E-state index in [0.717, 1.165) is 20.8 Å². The van der Waals surface area contributed by atoms with Crippen LogP contribution >= 0.6 is 0 Å². The zero-order chi connectivity index (χ0) is 58.6. The zero-order valence-corrected chi connectivity index (χ0v) is 45.2. The van der Waals surface area contributed by atoms with Gasteiger partial charge in [-0.15, -0.1) is 0 Å². The van der Waals surface area contributed by atoms with Gasteiger partial charge in [-0.3, -0.25) is 14.4 Å². The molecule has 1 N–H and O–H groups in total.